The predicted molar refractivity (Wildman–Crippen MR) is 120 cm³/mol. The minimum atomic E-state index is -0.388. The van der Waals surface area contributed by atoms with Crippen molar-refractivity contribution in [2.75, 3.05) is 51.6 Å². The van der Waals surface area contributed by atoms with Gasteiger partial charge in [0, 0.05) is 44.2 Å². The number of allylic oxidation sites excluding steroid dienone is 2. The van der Waals surface area contributed by atoms with Crippen LogP contribution in [0.5, 0.6) is 5.75 Å². The first-order valence-corrected chi connectivity index (χ1v) is 9.78. The van der Waals surface area contributed by atoms with Crippen LogP contribution < -0.4 is 15.0 Å². The van der Waals surface area contributed by atoms with Crippen molar-refractivity contribution in [1.29, 1.82) is 0 Å². The molecule has 30 heavy (non-hydrogen) atoms. The second kappa shape index (κ2) is 11.1. The van der Waals surface area contributed by atoms with Gasteiger partial charge in [-0.3, -0.25) is 10.1 Å². The SMILES string of the molecule is C/C=C\CCc1ccnc(Nc2cc([N+](=O)[O-])c(N(C)CCN(C)C)cc2OC)n1. The third-order valence-corrected chi connectivity index (χ3v) is 4.55. The summed E-state index contributed by atoms with van der Waals surface area (Å²) < 4.78 is 5.49. The second-order valence-electron chi connectivity index (χ2n) is 7.13. The highest BCUT2D eigenvalue weighted by atomic mass is 16.6. The van der Waals surface area contributed by atoms with E-state index in [1.807, 2.05) is 50.0 Å². The van der Waals surface area contributed by atoms with Crippen LogP contribution in [0.2, 0.25) is 0 Å². The third kappa shape index (κ3) is 6.41. The Morgan fingerprint density at radius 1 is 1.27 bits per heavy atom. The van der Waals surface area contributed by atoms with E-state index in [1.165, 1.54) is 13.2 Å². The third-order valence-electron chi connectivity index (χ3n) is 4.55. The van der Waals surface area contributed by atoms with Gasteiger partial charge in [-0.1, -0.05) is 12.2 Å². The Balaban J connectivity index is 2.33. The number of nitrogens with zero attached hydrogens (tertiary/aromatic N) is 5. The molecule has 1 N–H and O–H groups in total. The highest BCUT2D eigenvalue weighted by molar-refractivity contribution is 5.76. The van der Waals surface area contributed by atoms with Gasteiger partial charge in [-0.25, -0.2) is 9.97 Å². The topological polar surface area (TPSA) is 96.7 Å². The maximum atomic E-state index is 11.7. The molecule has 0 amide bonds. The summed E-state index contributed by atoms with van der Waals surface area (Å²) in [5.74, 6) is 0.851. The summed E-state index contributed by atoms with van der Waals surface area (Å²) in [6.07, 6.45) is 7.42. The van der Waals surface area contributed by atoms with Gasteiger partial charge in [-0.2, -0.15) is 0 Å². The van der Waals surface area contributed by atoms with Crippen LogP contribution in [0.4, 0.5) is 23.0 Å². The Morgan fingerprint density at radius 2 is 2.03 bits per heavy atom. The fraction of sp³-hybridized carbons (Fsp3) is 0.429. The van der Waals surface area contributed by atoms with E-state index < -0.39 is 0 Å². The molecular weight excluding hydrogens is 384 g/mol. The molecule has 2 aromatic rings. The molecule has 1 aromatic heterocycles. The molecule has 0 bridgehead atoms. The molecule has 0 saturated heterocycles. The number of aryl methyl sites for hydroxylation is 1. The fourth-order valence-electron chi connectivity index (χ4n) is 2.86. The number of hydrogen-bond donors (Lipinski definition) is 1. The fourth-order valence-corrected chi connectivity index (χ4v) is 2.86. The van der Waals surface area contributed by atoms with Crippen molar-refractivity contribution in [3.8, 4) is 5.75 Å². The van der Waals surface area contributed by atoms with Gasteiger partial charge in [0.25, 0.3) is 5.69 Å². The van der Waals surface area contributed by atoms with Crippen LogP contribution in [0.25, 0.3) is 0 Å². The largest absolute Gasteiger partial charge is 0.494 e. The van der Waals surface area contributed by atoms with E-state index in [2.05, 4.69) is 21.4 Å². The van der Waals surface area contributed by atoms with Crippen LogP contribution in [0, 0.1) is 10.1 Å². The van der Waals surface area contributed by atoms with Gasteiger partial charge in [-0.05, 0) is 39.9 Å². The molecule has 0 aliphatic rings. The van der Waals surface area contributed by atoms with E-state index in [1.54, 1.807) is 12.3 Å². The molecule has 1 aromatic carbocycles. The number of methoxy groups -OCH3 is 1. The van der Waals surface area contributed by atoms with E-state index in [0.29, 0.717) is 29.6 Å². The first kappa shape index (κ1) is 23.1. The van der Waals surface area contributed by atoms with Crippen LogP contribution in [0.1, 0.15) is 19.0 Å². The summed E-state index contributed by atoms with van der Waals surface area (Å²) in [5.41, 5.74) is 1.81. The summed E-state index contributed by atoms with van der Waals surface area (Å²) in [7, 11) is 7.28. The van der Waals surface area contributed by atoms with Crippen molar-refractivity contribution in [2.45, 2.75) is 19.8 Å². The zero-order valence-electron chi connectivity index (χ0n) is 18.3. The van der Waals surface area contributed by atoms with Crippen molar-refractivity contribution in [3.05, 3.63) is 52.4 Å². The monoisotopic (exact) mass is 414 g/mol. The minimum Gasteiger partial charge on any atom is -0.494 e. The number of ether oxygens (including phenoxy) is 1. The van der Waals surface area contributed by atoms with Crippen LogP contribution in [-0.4, -0.2) is 61.1 Å². The maximum absolute atomic E-state index is 11.7. The molecular formula is C21H30N6O3. The number of benzene rings is 1. The lowest BCUT2D eigenvalue weighted by atomic mass is 10.2. The average Bonchev–Trinajstić information content (AvgIpc) is 2.72. The molecule has 162 valence electrons. The number of hydrogen-bond acceptors (Lipinski definition) is 8. The summed E-state index contributed by atoms with van der Waals surface area (Å²) in [4.78, 5) is 24.0. The van der Waals surface area contributed by atoms with Crippen LogP contribution in [0.3, 0.4) is 0 Å². The quantitative estimate of drug-likeness (QED) is 0.338. The number of rotatable bonds is 11. The van der Waals surface area contributed by atoms with Crippen molar-refractivity contribution >= 4 is 23.0 Å². The molecule has 0 aliphatic carbocycles. The molecule has 0 radical (unpaired) electrons. The van der Waals surface area contributed by atoms with Crippen LogP contribution in [0.15, 0.2) is 36.5 Å². The number of anilines is 3. The number of nitro groups is 1. The number of nitrogens with one attached hydrogen (secondary N) is 1. The molecule has 0 unspecified atom stereocenters. The highest BCUT2D eigenvalue weighted by Crippen LogP contribution is 2.38. The molecule has 0 spiro atoms. The summed E-state index contributed by atoms with van der Waals surface area (Å²) in [5, 5.41) is 14.8. The van der Waals surface area contributed by atoms with Crippen molar-refractivity contribution in [3.63, 3.8) is 0 Å². The van der Waals surface area contributed by atoms with Crippen molar-refractivity contribution in [1.82, 2.24) is 14.9 Å². The van der Waals surface area contributed by atoms with E-state index >= 15 is 0 Å². The van der Waals surface area contributed by atoms with Crippen molar-refractivity contribution in [2.24, 2.45) is 0 Å². The standard InChI is InChI=1S/C21H30N6O3/c1-6-7-8-9-16-10-11-22-21(23-16)24-17-14-19(27(28)29)18(15-20(17)30-5)26(4)13-12-25(2)3/h6-7,10-11,14-15H,8-9,12-13H2,1-5H3,(H,22,23,24)/b7-6-. The Bertz CT molecular complexity index is 885. The lowest BCUT2D eigenvalue weighted by Crippen LogP contribution is -2.28. The zero-order valence-corrected chi connectivity index (χ0v) is 18.3. The number of aromatic nitrogens is 2. The summed E-state index contributed by atoms with van der Waals surface area (Å²) >= 11 is 0. The first-order valence-electron chi connectivity index (χ1n) is 9.78. The lowest BCUT2D eigenvalue weighted by Gasteiger charge is -2.22. The van der Waals surface area contributed by atoms with E-state index in [4.69, 9.17) is 4.74 Å². The van der Waals surface area contributed by atoms with Gasteiger partial charge in [0.15, 0.2) is 0 Å². The normalized spacial score (nSPS) is 11.1. The molecule has 0 fully saturated rings. The molecule has 1 heterocycles. The molecule has 9 nitrogen and oxygen atoms in total. The molecule has 0 atom stereocenters. The number of likely N-dealkylation sites (N-methyl/N-ethyl adjacent to an activating group) is 2. The van der Waals surface area contributed by atoms with Gasteiger partial charge >= 0.3 is 0 Å². The Hall–Kier alpha value is -3.20. The van der Waals surface area contributed by atoms with Gasteiger partial charge < -0.3 is 19.9 Å². The zero-order chi connectivity index (χ0) is 22.1. The lowest BCUT2D eigenvalue weighted by molar-refractivity contribution is -0.384. The van der Waals surface area contributed by atoms with Gasteiger partial charge in [0.05, 0.1) is 17.7 Å². The Kier molecular flexibility index (Phi) is 8.54. The molecule has 0 aliphatic heterocycles. The van der Waals surface area contributed by atoms with Crippen molar-refractivity contribution < 1.29 is 9.66 Å². The first-order chi connectivity index (χ1) is 14.3. The van der Waals surface area contributed by atoms with E-state index in [-0.39, 0.29) is 10.6 Å². The highest BCUT2D eigenvalue weighted by Gasteiger charge is 2.22. The second-order valence-corrected chi connectivity index (χ2v) is 7.13. The Labute approximate surface area is 177 Å². The van der Waals surface area contributed by atoms with Gasteiger partial charge in [0.1, 0.15) is 11.4 Å². The molecule has 0 saturated carbocycles. The van der Waals surface area contributed by atoms with Crippen LogP contribution >= 0.6 is 0 Å². The van der Waals surface area contributed by atoms with E-state index in [9.17, 15) is 10.1 Å². The minimum absolute atomic E-state index is 0.0104. The Morgan fingerprint density at radius 3 is 2.67 bits per heavy atom. The van der Waals surface area contributed by atoms with Crippen LogP contribution in [-0.2, 0) is 6.42 Å². The predicted octanol–water partition coefficient (Wildman–Crippen LogP) is 3.64. The smallest absolute Gasteiger partial charge is 0.294 e. The summed E-state index contributed by atoms with van der Waals surface area (Å²) in [6.45, 7) is 3.39. The summed E-state index contributed by atoms with van der Waals surface area (Å²) in [6, 6.07) is 5.00. The van der Waals surface area contributed by atoms with Gasteiger partial charge in [-0.15, -0.1) is 0 Å². The number of nitro benzene ring substituents is 1. The van der Waals surface area contributed by atoms with E-state index in [0.717, 1.165) is 25.1 Å². The molecule has 9 heteroatoms. The maximum Gasteiger partial charge on any atom is 0.294 e. The molecule has 2 rings (SSSR count). The van der Waals surface area contributed by atoms with Gasteiger partial charge in [0.2, 0.25) is 5.95 Å². The average molecular weight is 415 g/mol.